The summed E-state index contributed by atoms with van der Waals surface area (Å²) in [5.41, 5.74) is 4.23. The molecule has 0 aliphatic carbocycles. The van der Waals surface area contributed by atoms with Crippen molar-refractivity contribution >= 4 is 29.7 Å². The Morgan fingerprint density at radius 3 is 2.62 bits per heavy atom. The first-order chi connectivity index (χ1) is 15.6. The van der Waals surface area contributed by atoms with E-state index in [1.165, 1.54) is 6.08 Å². The number of ether oxygens (including phenoxy) is 1. The molecule has 0 fully saturated rings. The number of carboxylic acids is 1. The molecule has 0 saturated carbocycles. The van der Waals surface area contributed by atoms with E-state index in [-0.39, 0.29) is 16.7 Å². The summed E-state index contributed by atoms with van der Waals surface area (Å²) in [7, 11) is 0. The molecule has 1 aliphatic rings. The number of hydrogen-bond acceptors (Lipinski definition) is 4. The number of fused-ring (bicyclic) bond motifs is 2. The van der Waals surface area contributed by atoms with Crippen LogP contribution in [0.2, 0.25) is 0 Å². The second kappa shape index (κ2) is 10.2. The summed E-state index contributed by atoms with van der Waals surface area (Å²) in [6.45, 7) is 0.934. The van der Waals surface area contributed by atoms with Crippen LogP contribution < -0.4 is 10.1 Å². The predicted molar refractivity (Wildman–Crippen MR) is 127 cm³/mol. The summed E-state index contributed by atoms with van der Waals surface area (Å²) in [6.07, 6.45) is 3.31. The van der Waals surface area contributed by atoms with Gasteiger partial charge in [-0.3, -0.25) is 4.79 Å². The van der Waals surface area contributed by atoms with Crippen LogP contribution in [0.25, 0.3) is 6.08 Å². The van der Waals surface area contributed by atoms with Crippen molar-refractivity contribution in [3.63, 3.8) is 0 Å². The van der Waals surface area contributed by atoms with Crippen LogP contribution in [-0.4, -0.2) is 29.3 Å². The molecule has 0 radical (unpaired) electrons. The van der Waals surface area contributed by atoms with Crippen LogP contribution in [0.4, 0.5) is 0 Å². The van der Waals surface area contributed by atoms with E-state index >= 15 is 0 Å². The number of hydrogen-bond donors (Lipinski definition) is 2. The van der Waals surface area contributed by atoms with E-state index in [0.717, 1.165) is 22.3 Å². The molecule has 3 aromatic rings. The van der Waals surface area contributed by atoms with Gasteiger partial charge in [0.1, 0.15) is 12.4 Å². The molecule has 162 valence electrons. The smallest absolute Gasteiger partial charge is 0.335 e. The standard InChI is InChI=1S/C26H23NO4S/c28-24(13-10-18-6-2-1-3-7-18)27-14-15-32-25-21-9-5-4-8-20(21)17-31-23-12-11-19(26(29)30)16-22(23)25/h1-13,16,25H,14-15,17H2,(H,27,28)(H,29,30)/b13-10+. The fourth-order valence-electron chi connectivity index (χ4n) is 3.59. The van der Waals surface area contributed by atoms with Gasteiger partial charge >= 0.3 is 5.97 Å². The van der Waals surface area contributed by atoms with Crippen LogP contribution in [0.1, 0.15) is 37.9 Å². The first-order valence-electron chi connectivity index (χ1n) is 10.3. The van der Waals surface area contributed by atoms with Crippen LogP contribution in [-0.2, 0) is 11.4 Å². The van der Waals surface area contributed by atoms with Crippen LogP contribution in [0, 0.1) is 0 Å². The summed E-state index contributed by atoms with van der Waals surface area (Å²) < 4.78 is 5.97. The van der Waals surface area contributed by atoms with Gasteiger partial charge in [0.2, 0.25) is 5.91 Å². The Hall–Kier alpha value is -3.51. The Morgan fingerprint density at radius 1 is 1.03 bits per heavy atom. The van der Waals surface area contributed by atoms with E-state index in [1.807, 2.05) is 48.5 Å². The normalized spacial score (nSPS) is 14.7. The maximum Gasteiger partial charge on any atom is 0.335 e. The number of carbonyl (C=O) groups is 2. The lowest BCUT2D eigenvalue weighted by molar-refractivity contribution is -0.116. The highest BCUT2D eigenvalue weighted by Gasteiger charge is 2.26. The number of benzene rings is 3. The maximum atomic E-state index is 12.1. The zero-order chi connectivity index (χ0) is 22.3. The van der Waals surface area contributed by atoms with Crippen molar-refractivity contribution < 1.29 is 19.4 Å². The molecule has 0 spiro atoms. The van der Waals surface area contributed by atoms with Crippen molar-refractivity contribution in [3.05, 3.63) is 107 Å². The molecule has 1 aliphatic heterocycles. The highest BCUT2D eigenvalue weighted by molar-refractivity contribution is 7.99. The minimum Gasteiger partial charge on any atom is -0.489 e. The van der Waals surface area contributed by atoms with E-state index in [9.17, 15) is 14.7 Å². The second-order valence-electron chi connectivity index (χ2n) is 7.33. The Bertz CT molecular complexity index is 1140. The van der Waals surface area contributed by atoms with Crippen LogP contribution in [0.5, 0.6) is 5.75 Å². The first-order valence-corrected chi connectivity index (χ1v) is 11.4. The molecular weight excluding hydrogens is 422 g/mol. The monoisotopic (exact) mass is 445 g/mol. The lowest BCUT2D eigenvalue weighted by Crippen LogP contribution is -2.23. The number of aromatic carboxylic acids is 1. The van der Waals surface area contributed by atoms with Crippen LogP contribution in [0.3, 0.4) is 0 Å². The number of carbonyl (C=O) groups excluding carboxylic acids is 1. The zero-order valence-corrected chi connectivity index (χ0v) is 18.2. The third kappa shape index (κ3) is 5.21. The fourth-order valence-corrected chi connectivity index (χ4v) is 4.82. The highest BCUT2D eigenvalue weighted by atomic mass is 32.2. The fraction of sp³-hybridized carbons (Fsp3) is 0.154. The van der Waals surface area contributed by atoms with E-state index in [2.05, 4.69) is 11.4 Å². The van der Waals surface area contributed by atoms with Gasteiger partial charge in [0.25, 0.3) is 0 Å². The summed E-state index contributed by atoms with van der Waals surface area (Å²) in [5, 5.41) is 12.3. The van der Waals surface area contributed by atoms with Crippen LogP contribution >= 0.6 is 11.8 Å². The molecule has 0 bridgehead atoms. The minimum atomic E-state index is -0.966. The van der Waals surface area contributed by atoms with Gasteiger partial charge in [-0.15, -0.1) is 11.8 Å². The number of nitrogens with one attached hydrogen (secondary N) is 1. The molecule has 1 atom stereocenters. The third-order valence-electron chi connectivity index (χ3n) is 5.17. The number of carboxylic acid groups (broad SMARTS) is 1. The van der Waals surface area contributed by atoms with Gasteiger partial charge < -0.3 is 15.2 Å². The summed E-state index contributed by atoms with van der Waals surface area (Å²) in [5.74, 6) is 0.249. The van der Waals surface area contributed by atoms with Crippen molar-refractivity contribution in [3.8, 4) is 5.75 Å². The Morgan fingerprint density at radius 2 is 1.81 bits per heavy atom. The van der Waals surface area contributed by atoms with Gasteiger partial charge in [-0.25, -0.2) is 4.79 Å². The summed E-state index contributed by atoms with van der Waals surface area (Å²) in [6, 6.07) is 22.7. The SMILES string of the molecule is O=C(/C=C/c1ccccc1)NCCSC1c2ccccc2COc2ccc(C(=O)O)cc21. The minimum absolute atomic E-state index is 0.0836. The molecule has 1 heterocycles. The molecule has 3 aromatic carbocycles. The molecule has 2 N–H and O–H groups in total. The van der Waals surface area contributed by atoms with Gasteiger partial charge in [0.05, 0.1) is 10.8 Å². The van der Waals surface area contributed by atoms with Gasteiger partial charge in [0, 0.05) is 23.9 Å². The van der Waals surface area contributed by atoms with E-state index in [0.29, 0.717) is 24.7 Å². The quantitative estimate of drug-likeness (QED) is 0.398. The Kier molecular flexibility index (Phi) is 6.92. The third-order valence-corrected chi connectivity index (χ3v) is 6.45. The molecular formula is C26H23NO4S. The van der Waals surface area contributed by atoms with Gasteiger partial charge in [-0.1, -0.05) is 54.6 Å². The Labute approximate surface area is 191 Å². The van der Waals surface area contributed by atoms with Crippen molar-refractivity contribution in [2.24, 2.45) is 0 Å². The lowest BCUT2D eigenvalue weighted by Gasteiger charge is -2.19. The summed E-state index contributed by atoms with van der Waals surface area (Å²) >= 11 is 1.66. The zero-order valence-electron chi connectivity index (χ0n) is 17.4. The molecule has 32 heavy (non-hydrogen) atoms. The van der Waals surface area contributed by atoms with Crippen molar-refractivity contribution in [2.45, 2.75) is 11.9 Å². The van der Waals surface area contributed by atoms with E-state index < -0.39 is 5.97 Å². The van der Waals surface area contributed by atoms with Crippen molar-refractivity contribution in [2.75, 3.05) is 12.3 Å². The average molecular weight is 446 g/mol. The average Bonchev–Trinajstić information content (AvgIpc) is 2.97. The molecule has 0 saturated heterocycles. The van der Waals surface area contributed by atoms with Crippen LogP contribution in [0.15, 0.2) is 78.9 Å². The first kappa shape index (κ1) is 21.7. The molecule has 1 unspecified atom stereocenters. The maximum absolute atomic E-state index is 12.1. The Balaban J connectivity index is 1.45. The highest BCUT2D eigenvalue weighted by Crippen LogP contribution is 2.44. The van der Waals surface area contributed by atoms with Gasteiger partial charge in [-0.2, -0.15) is 0 Å². The van der Waals surface area contributed by atoms with E-state index in [4.69, 9.17) is 4.74 Å². The summed E-state index contributed by atoms with van der Waals surface area (Å²) in [4.78, 5) is 23.7. The molecule has 6 heteroatoms. The number of amides is 1. The largest absolute Gasteiger partial charge is 0.489 e. The number of thioether (sulfide) groups is 1. The predicted octanol–water partition coefficient (Wildman–Crippen LogP) is 4.93. The topological polar surface area (TPSA) is 75.6 Å². The lowest BCUT2D eigenvalue weighted by atomic mass is 9.98. The molecule has 4 rings (SSSR count). The number of rotatable bonds is 7. The second-order valence-corrected chi connectivity index (χ2v) is 8.54. The van der Waals surface area contributed by atoms with Crippen molar-refractivity contribution in [1.82, 2.24) is 5.32 Å². The van der Waals surface area contributed by atoms with E-state index in [1.54, 1.807) is 36.0 Å². The van der Waals surface area contributed by atoms with Crippen molar-refractivity contribution in [1.29, 1.82) is 0 Å². The molecule has 1 amide bonds. The molecule has 0 aromatic heterocycles. The van der Waals surface area contributed by atoms with Gasteiger partial charge in [-0.05, 0) is 41.0 Å². The van der Waals surface area contributed by atoms with Gasteiger partial charge in [0.15, 0.2) is 0 Å². The molecule has 5 nitrogen and oxygen atoms in total.